The van der Waals surface area contributed by atoms with Crippen molar-refractivity contribution in [2.45, 2.75) is 43.6 Å². The smallest absolute Gasteiger partial charge is 0.314 e. The molecule has 4 nitrogen and oxygen atoms in total. The van der Waals surface area contributed by atoms with Gasteiger partial charge in [0.05, 0.1) is 6.10 Å². The maximum absolute atomic E-state index is 13.1. The van der Waals surface area contributed by atoms with Gasteiger partial charge in [-0.05, 0) is 49.3 Å². The van der Waals surface area contributed by atoms with Gasteiger partial charge in [0.2, 0.25) is 0 Å². The van der Waals surface area contributed by atoms with Crippen LogP contribution in [0.25, 0.3) is 0 Å². The van der Waals surface area contributed by atoms with Crippen LogP contribution in [-0.2, 0) is 5.41 Å². The fourth-order valence-electron chi connectivity index (χ4n) is 3.13. The SMILES string of the molecule is O=C(NC[C@H](O)C1CC1)NCC1(c2ccc(F)cc2)CCC1. The first kappa shape index (κ1) is 15.3. The Balaban J connectivity index is 1.50. The molecule has 0 aliphatic heterocycles. The van der Waals surface area contributed by atoms with E-state index in [0.29, 0.717) is 19.0 Å². The molecular weight excluding hydrogens is 283 g/mol. The Kier molecular flexibility index (Phi) is 4.34. The molecule has 1 aromatic rings. The summed E-state index contributed by atoms with van der Waals surface area (Å²) in [7, 11) is 0. The lowest BCUT2D eigenvalue weighted by Crippen LogP contribution is -2.49. The zero-order valence-corrected chi connectivity index (χ0v) is 12.6. The number of aliphatic hydroxyl groups is 1. The fourth-order valence-corrected chi connectivity index (χ4v) is 3.13. The van der Waals surface area contributed by atoms with E-state index in [1.807, 2.05) is 12.1 Å². The molecule has 0 aromatic heterocycles. The first-order chi connectivity index (χ1) is 10.6. The molecule has 0 heterocycles. The Labute approximate surface area is 130 Å². The van der Waals surface area contributed by atoms with E-state index in [0.717, 1.165) is 37.7 Å². The molecule has 2 aliphatic rings. The standard InChI is InChI=1S/C17H23FN2O2/c18-14-6-4-13(5-7-14)17(8-1-9-17)11-20-16(22)19-10-15(21)12-2-3-12/h4-7,12,15,21H,1-3,8-11H2,(H2,19,20,22)/t15-/m0/s1. The molecule has 0 spiro atoms. The average molecular weight is 306 g/mol. The third-order valence-electron chi connectivity index (χ3n) is 4.99. The number of aliphatic hydroxyl groups excluding tert-OH is 1. The van der Waals surface area contributed by atoms with Crippen molar-refractivity contribution in [3.05, 3.63) is 35.6 Å². The Bertz CT molecular complexity index is 524. The summed E-state index contributed by atoms with van der Waals surface area (Å²) < 4.78 is 13.1. The van der Waals surface area contributed by atoms with Gasteiger partial charge in [-0.3, -0.25) is 0 Å². The van der Waals surface area contributed by atoms with Gasteiger partial charge >= 0.3 is 6.03 Å². The minimum Gasteiger partial charge on any atom is -0.391 e. The van der Waals surface area contributed by atoms with Crippen LogP contribution in [0.15, 0.2) is 24.3 Å². The number of rotatable bonds is 6. The Morgan fingerprint density at radius 3 is 2.50 bits per heavy atom. The van der Waals surface area contributed by atoms with Crippen molar-refractivity contribution in [3.8, 4) is 0 Å². The van der Waals surface area contributed by atoms with E-state index in [1.165, 1.54) is 12.1 Å². The number of urea groups is 1. The lowest BCUT2D eigenvalue weighted by molar-refractivity contribution is 0.148. The van der Waals surface area contributed by atoms with E-state index in [1.54, 1.807) is 0 Å². The van der Waals surface area contributed by atoms with Gasteiger partial charge in [0.25, 0.3) is 0 Å². The number of nitrogens with one attached hydrogen (secondary N) is 2. The summed E-state index contributed by atoms with van der Waals surface area (Å²) >= 11 is 0. The van der Waals surface area contributed by atoms with Crippen molar-refractivity contribution in [2.24, 2.45) is 5.92 Å². The van der Waals surface area contributed by atoms with Gasteiger partial charge in [-0.25, -0.2) is 9.18 Å². The molecule has 1 aromatic carbocycles. The number of amides is 2. The van der Waals surface area contributed by atoms with Crippen LogP contribution in [0.2, 0.25) is 0 Å². The van der Waals surface area contributed by atoms with Crippen LogP contribution in [0.4, 0.5) is 9.18 Å². The monoisotopic (exact) mass is 306 g/mol. The minimum atomic E-state index is -0.430. The second-order valence-corrected chi connectivity index (χ2v) is 6.61. The Morgan fingerprint density at radius 1 is 1.27 bits per heavy atom. The maximum Gasteiger partial charge on any atom is 0.314 e. The molecule has 2 fully saturated rings. The van der Waals surface area contributed by atoms with Crippen LogP contribution in [0.5, 0.6) is 0 Å². The van der Waals surface area contributed by atoms with Gasteiger partial charge in [-0.2, -0.15) is 0 Å². The number of hydrogen-bond acceptors (Lipinski definition) is 2. The summed E-state index contributed by atoms with van der Waals surface area (Å²) in [6, 6.07) is 6.33. The lowest BCUT2D eigenvalue weighted by atomic mass is 9.64. The van der Waals surface area contributed by atoms with Crippen LogP contribution in [0, 0.1) is 11.7 Å². The number of carbonyl (C=O) groups is 1. The zero-order chi connectivity index (χ0) is 15.6. The summed E-state index contributed by atoms with van der Waals surface area (Å²) in [5, 5.41) is 15.4. The Hall–Kier alpha value is -1.62. The number of carbonyl (C=O) groups excluding carboxylic acids is 1. The number of benzene rings is 1. The normalized spacial score (nSPS) is 20.8. The molecule has 120 valence electrons. The molecule has 3 N–H and O–H groups in total. The molecule has 0 saturated heterocycles. The molecule has 0 unspecified atom stereocenters. The summed E-state index contributed by atoms with van der Waals surface area (Å²) in [4.78, 5) is 11.9. The molecule has 2 amide bonds. The molecular formula is C17H23FN2O2. The average Bonchev–Trinajstić information content (AvgIpc) is 3.30. The van der Waals surface area contributed by atoms with E-state index >= 15 is 0 Å². The van der Waals surface area contributed by atoms with E-state index in [4.69, 9.17) is 0 Å². The summed E-state index contributed by atoms with van der Waals surface area (Å²) in [6.45, 7) is 0.851. The van der Waals surface area contributed by atoms with Crippen LogP contribution >= 0.6 is 0 Å². The minimum absolute atomic E-state index is 0.0693. The third kappa shape index (κ3) is 3.40. The van der Waals surface area contributed by atoms with Crippen molar-refractivity contribution in [1.29, 1.82) is 0 Å². The van der Waals surface area contributed by atoms with E-state index in [2.05, 4.69) is 10.6 Å². The van der Waals surface area contributed by atoms with Crippen molar-refractivity contribution >= 4 is 6.03 Å². The van der Waals surface area contributed by atoms with E-state index in [-0.39, 0.29) is 17.3 Å². The Morgan fingerprint density at radius 2 is 1.95 bits per heavy atom. The maximum atomic E-state index is 13.1. The molecule has 2 aliphatic carbocycles. The van der Waals surface area contributed by atoms with Crippen molar-refractivity contribution in [3.63, 3.8) is 0 Å². The van der Waals surface area contributed by atoms with E-state index in [9.17, 15) is 14.3 Å². The van der Waals surface area contributed by atoms with Crippen LogP contribution < -0.4 is 10.6 Å². The van der Waals surface area contributed by atoms with Gasteiger partial charge in [0, 0.05) is 18.5 Å². The highest BCUT2D eigenvalue weighted by molar-refractivity contribution is 5.74. The lowest BCUT2D eigenvalue weighted by Gasteiger charge is -2.42. The molecule has 0 radical (unpaired) electrons. The van der Waals surface area contributed by atoms with Crippen LogP contribution in [0.1, 0.15) is 37.7 Å². The van der Waals surface area contributed by atoms with Crippen LogP contribution in [-0.4, -0.2) is 30.3 Å². The predicted molar refractivity (Wildman–Crippen MR) is 82.1 cm³/mol. The second kappa shape index (κ2) is 6.24. The zero-order valence-electron chi connectivity index (χ0n) is 12.6. The quantitative estimate of drug-likeness (QED) is 0.755. The largest absolute Gasteiger partial charge is 0.391 e. The summed E-state index contributed by atoms with van der Waals surface area (Å²) in [5.74, 6) is 0.121. The summed E-state index contributed by atoms with van der Waals surface area (Å²) in [5.41, 5.74) is 1.01. The number of halogens is 1. The summed E-state index contributed by atoms with van der Waals surface area (Å²) in [6.07, 6.45) is 4.81. The highest BCUT2D eigenvalue weighted by atomic mass is 19.1. The van der Waals surface area contributed by atoms with Crippen molar-refractivity contribution in [2.75, 3.05) is 13.1 Å². The van der Waals surface area contributed by atoms with Gasteiger partial charge in [-0.1, -0.05) is 18.6 Å². The highest BCUT2D eigenvalue weighted by Gasteiger charge is 2.39. The van der Waals surface area contributed by atoms with Crippen molar-refractivity contribution < 1.29 is 14.3 Å². The van der Waals surface area contributed by atoms with Crippen LogP contribution in [0.3, 0.4) is 0 Å². The van der Waals surface area contributed by atoms with Gasteiger partial charge < -0.3 is 15.7 Å². The molecule has 2 saturated carbocycles. The highest BCUT2D eigenvalue weighted by Crippen LogP contribution is 2.43. The third-order valence-corrected chi connectivity index (χ3v) is 4.99. The fraction of sp³-hybridized carbons (Fsp3) is 0.588. The predicted octanol–water partition coefficient (Wildman–Crippen LogP) is 2.32. The first-order valence-electron chi connectivity index (χ1n) is 8.05. The van der Waals surface area contributed by atoms with Gasteiger partial charge in [0.1, 0.15) is 5.82 Å². The topological polar surface area (TPSA) is 61.4 Å². The molecule has 0 bridgehead atoms. The number of hydrogen-bond donors (Lipinski definition) is 3. The van der Waals surface area contributed by atoms with Crippen molar-refractivity contribution in [1.82, 2.24) is 10.6 Å². The molecule has 5 heteroatoms. The first-order valence-corrected chi connectivity index (χ1v) is 8.05. The van der Waals surface area contributed by atoms with Gasteiger partial charge in [-0.15, -0.1) is 0 Å². The van der Waals surface area contributed by atoms with Gasteiger partial charge in [0.15, 0.2) is 0 Å². The second-order valence-electron chi connectivity index (χ2n) is 6.61. The van der Waals surface area contributed by atoms with E-state index < -0.39 is 6.10 Å². The molecule has 22 heavy (non-hydrogen) atoms. The molecule has 3 rings (SSSR count). The molecule has 1 atom stereocenters.